The summed E-state index contributed by atoms with van der Waals surface area (Å²) in [4.78, 5) is 15.8. The van der Waals surface area contributed by atoms with Gasteiger partial charge in [0.05, 0.1) is 19.3 Å². The summed E-state index contributed by atoms with van der Waals surface area (Å²) in [6.45, 7) is 3.49. The summed E-state index contributed by atoms with van der Waals surface area (Å²) in [6.07, 6.45) is 13.2. The molecule has 1 aromatic carbocycles. The molecule has 1 aliphatic heterocycles. The Kier molecular flexibility index (Phi) is 6.37. The van der Waals surface area contributed by atoms with Crippen LogP contribution in [0.2, 0.25) is 0 Å². The minimum absolute atomic E-state index is 0.0327. The maximum atomic E-state index is 13.3. The van der Waals surface area contributed by atoms with Gasteiger partial charge in [-0.1, -0.05) is 18.2 Å². The van der Waals surface area contributed by atoms with Crippen LogP contribution in [-0.2, 0) is 12.1 Å². The van der Waals surface area contributed by atoms with Crippen LogP contribution in [0, 0.1) is 5.82 Å². The Morgan fingerprint density at radius 1 is 0.974 bits per heavy atom. The molecule has 0 spiro atoms. The molecule has 39 heavy (non-hydrogen) atoms. The predicted octanol–water partition coefficient (Wildman–Crippen LogP) is 3.06. The fraction of sp³-hybridized carbons (Fsp3) is 0.250. The number of halogens is 1. The quantitative estimate of drug-likeness (QED) is 0.332. The Bertz CT molecular complexity index is 1640. The summed E-state index contributed by atoms with van der Waals surface area (Å²) >= 11 is 0. The van der Waals surface area contributed by atoms with Gasteiger partial charge in [0.15, 0.2) is 11.6 Å². The predicted molar refractivity (Wildman–Crippen MR) is 143 cm³/mol. The molecule has 0 aliphatic carbocycles. The van der Waals surface area contributed by atoms with Crippen molar-refractivity contribution in [2.45, 2.75) is 25.5 Å². The maximum absolute atomic E-state index is 13.3. The van der Waals surface area contributed by atoms with E-state index in [0.717, 1.165) is 41.0 Å². The van der Waals surface area contributed by atoms with Crippen LogP contribution in [0.15, 0.2) is 73.7 Å². The lowest BCUT2D eigenvalue weighted by Gasteiger charge is -2.27. The fourth-order valence-corrected chi connectivity index (χ4v) is 4.81. The third-order valence-corrected chi connectivity index (χ3v) is 7.10. The highest BCUT2D eigenvalue weighted by atomic mass is 19.1. The number of hydrogen-bond donors (Lipinski definition) is 2. The average molecular weight is 527 g/mol. The van der Waals surface area contributed by atoms with Gasteiger partial charge in [-0.2, -0.15) is 10.2 Å². The highest BCUT2D eigenvalue weighted by molar-refractivity contribution is 5.78. The third-order valence-electron chi connectivity index (χ3n) is 7.10. The van der Waals surface area contributed by atoms with Gasteiger partial charge in [0.2, 0.25) is 0 Å². The number of anilines is 1. The van der Waals surface area contributed by atoms with E-state index in [9.17, 15) is 9.50 Å². The highest BCUT2D eigenvalue weighted by Gasteiger charge is 2.27. The second kappa shape index (κ2) is 10.0. The molecular weight excluding hydrogens is 499 g/mol. The van der Waals surface area contributed by atoms with Gasteiger partial charge in [0.25, 0.3) is 0 Å². The molecule has 1 aliphatic rings. The molecular formula is C28H27FN8O2. The van der Waals surface area contributed by atoms with Gasteiger partial charge < -0.3 is 15.1 Å². The SMILES string of the molecule is C[C@](O)(c1ccc(F)cc1)c1cnc(C2=CCN(c3ncnn4cc(-c5cnn(CCO)c5)cc34)CC2)nc1. The second-order valence-electron chi connectivity index (χ2n) is 9.66. The van der Waals surface area contributed by atoms with Crippen LogP contribution in [0.1, 0.15) is 30.3 Å². The molecule has 10 nitrogen and oxygen atoms in total. The molecule has 0 saturated heterocycles. The number of nitrogens with zero attached hydrogens (tertiary/aromatic N) is 8. The first-order valence-electron chi connectivity index (χ1n) is 12.6. The van der Waals surface area contributed by atoms with E-state index >= 15 is 0 Å². The van der Waals surface area contributed by atoms with Crippen LogP contribution in [0.4, 0.5) is 10.2 Å². The van der Waals surface area contributed by atoms with Crippen molar-refractivity contribution in [3.8, 4) is 11.1 Å². The minimum Gasteiger partial charge on any atom is -0.394 e. The van der Waals surface area contributed by atoms with Gasteiger partial charge in [-0.25, -0.2) is 23.9 Å². The molecule has 0 bridgehead atoms. The van der Waals surface area contributed by atoms with E-state index < -0.39 is 5.60 Å². The van der Waals surface area contributed by atoms with E-state index in [2.05, 4.69) is 36.1 Å². The normalized spacial score (nSPS) is 15.4. The Morgan fingerprint density at radius 2 is 1.77 bits per heavy atom. The lowest BCUT2D eigenvalue weighted by molar-refractivity contribution is 0.101. The Morgan fingerprint density at radius 3 is 2.49 bits per heavy atom. The largest absolute Gasteiger partial charge is 0.394 e. The number of aliphatic hydroxyl groups is 2. The molecule has 2 N–H and O–H groups in total. The van der Waals surface area contributed by atoms with Crippen molar-refractivity contribution in [3.63, 3.8) is 0 Å². The smallest absolute Gasteiger partial charge is 0.156 e. The first-order valence-corrected chi connectivity index (χ1v) is 12.6. The van der Waals surface area contributed by atoms with Gasteiger partial charge in [-0.15, -0.1) is 0 Å². The Balaban J connectivity index is 1.20. The van der Waals surface area contributed by atoms with Crippen LogP contribution in [-0.4, -0.2) is 64.3 Å². The highest BCUT2D eigenvalue weighted by Crippen LogP contribution is 2.31. The molecule has 0 amide bonds. The van der Waals surface area contributed by atoms with Crippen molar-refractivity contribution in [3.05, 3.63) is 96.5 Å². The molecule has 198 valence electrons. The Labute approximate surface area is 223 Å². The molecule has 0 unspecified atom stereocenters. The molecule has 0 radical (unpaired) electrons. The summed E-state index contributed by atoms with van der Waals surface area (Å²) in [5, 5.41) is 28.9. The molecule has 6 rings (SSSR count). The van der Waals surface area contributed by atoms with E-state index in [1.807, 2.05) is 23.0 Å². The van der Waals surface area contributed by atoms with E-state index in [-0.39, 0.29) is 12.4 Å². The summed E-state index contributed by atoms with van der Waals surface area (Å²) in [6, 6.07) is 7.81. The van der Waals surface area contributed by atoms with Crippen LogP contribution in [0.25, 0.3) is 22.2 Å². The van der Waals surface area contributed by atoms with Gasteiger partial charge >= 0.3 is 0 Å². The molecule has 0 fully saturated rings. The summed E-state index contributed by atoms with van der Waals surface area (Å²) in [5.74, 6) is 1.10. The first kappa shape index (κ1) is 24.8. The number of rotatable bonds is 7. The zero-order valence-electron chi connectivity index (χ0n) is 21.3. The van der Waals surface area contributed by atoms with E-state index in [1.54, 1.807) is 48.7 Å². The van der Waals surface area contributed by atoms with Crippen molar-refractivity contribution in [2.75, 3.05) is 24.6 Å². The first-order chi connectivity index (χ1) is 18.9. The molecule has 1 atom stereocenters. The molecule has 5 heterocycles. The minimum atomic E-state index is -1.34. The number of benzene rings is 1. The number of aliphatic hydroxyl groups excluding tert-OH is 1. The number of aromatic nitrogens is 7. The third kappa shape index (κ3) is 4.77. The summed E-state index contributed by atoms with van der Waals surface area (Å²) in [5.41, 5.74) is 3.59. The fourth-order valence-electron chi connectivity index (χ4n) is 4.81. The summed E-state index contributed by atoms with van der Waals surface area (Å²) in [7, 11) is 0. The topological polar surface area (TPSA) is 117 Å². The summed E-state index contributed by atoms with van der Waals surface area (Å²) < 4.78 is 16.8. The maximum Gasteiger partial charge on any atom is 0.156 e. The van der Waals surface area contributed by atoms with Crippen molar-refractivity contribution >= 4 is 16.9 Å². The molecule has 5 aromatic rings. The Hall–Kier alpha value is -4.48. The van der Waals surface area contributed by atoms with Crippen molar-refractivity contribution < 1.29 is 14.6 Å². The monoisotopic (exact) mass is 526 g/mol. The number of fused-ring (bicyclic) bond motifs is 1. The van der Waals surface area contributed by atoms with Crippen LogP contribution >= 0.6 is 0 Å². The average Bonchev–Trinajstić information content (AvgIpc) is 3.61. The van der Waals surface area contributed by atoms with Gasteiger partial charge in [-0.05, 0) is 42.7 Å². The van der Waals surface area contributed by atoms with Crippen LogP contribution < -0.4 is 4.90 Å². The van der Waals surface area contributed by atoms with E-state index in [0.29, 0.717) is 30.0 Å². The van der Waals surface area contributed by atoms with Gasteiger partial charge in [0.1, 0.15) is 23.3 Å². The van der Waals surface area contributed by atoms with Crippen molar-refractivity contribution in [1.29, 1.82) is 0 Å². The molecule has 0 saturated carbocycles. The van der Waals surface area contributed by atoms with E-state index in [4.69, 9.17) is 5.11 Å². The van der Waals surface area contributed by atoms with Crippen molar-refractivity contribution in [1.82, 2.24) is 34.3 Å². The zero-order chi connectivity index (χ0) is 27.0. The second-order valence-corrected chi connectivity index (χ2v) is 9.66. The van der Waals surface area contributed by atoms with Crippen molar-refractivity contribution in [2.24, 2.45) is 0 Å². The molecule has 11 heteroatoms. The standard InChI is InChI=1S/C28H27FN8O2/c1-28(39,22-2-4-24(29)5-3-22)23-14-30-26(31-15-23)19-6-8-35(9-7-19)27-25-12-20(17-37(25)34-18-32-27)21-13-33-36(16-21)10-11-38/h2-6,12-18,38-39H,7-11H2,1H3/t28-/m0/s1. The van der Waals surface area contributed by atoms with Crippen LogP contribution in [0.3, 0.4) is 0 Å². The van der Waals surface area contributed by atoms with E-state index in [1.165, 1.54) is 12.1 Å². The van der Waals surface area contributed by atoms with Gasteiger partial charge in [-0.3, -0.25) is 4.68 Å². The molecule has 4 aromatic heterocycles. The number of hydrogen-bond acceptors (Lipinski definition) is 8. The lowest BCUT2D eigenvalue weighted by atomic mass is 9.90. The van der Waals surface area contributed by atoms with Gasteiger partial charge in [0, 0.05) is 54.6 Å². The van der Waals surface area contributed by atoms with Crippen LogP contribution in [0.5, 0.6) is 0 Å². The lowest BCUT2D eigenvalue weighted by Crippen LogP contribution is -2.30. The zero-order valence-corrected chi connectivity index (χ0v) is 21.3.